The second kappa shape index (κ2) is 5.74. The molecule has 0 bridgehead atoms. The van der Waals surface area contributed by atoms with E-state index in [1.165, 1.54) is 0 Å². The second-order valence-corrected chi connectivity index (χ2v) is 4.84. The topological polar surface area (TPSA) is 20.2 Å². The lowest BCUT2D eigenvalue weighted by molar-refractivity contribution is -0.136. The van der Waals surface area contributed by atoms with Crippen LogP contribution in [0.2, 0.25) is 0 Å². The van der Waals surface area contributed by atoms with E-state index in [2.05, 4.69) is 0 Å². The third kappa shape index (κ3) is 4.33. The van der Waals surface area contributed by atoms with Gasteiger partial charge in [-0.3, -0.25) is 0 Å². The Balaban J connectivity index is 2.70. The molecule has 0 aliphatic heterocycles. The number of benzene rings is 1. The fourth-order valence-corrected chi connectivity index (χ4v) is 2.36. The molecule has 1 unspecified atom stereocenters. The first-order valence-electron chi connectivity index (χ1n) is 6.03. The number of alkyl halides is 3. The van der Waals surface area contributed by atoms with Gasteiger partial charge in [-0.25, -0.2) is 0 Å². The maximum atomic E-state index is 12.0. The van der Waals surface area contributed by atoms with Crippen LogP contribution in [0.25, 0.3) is 0 Å². The molecule has 1 rings (SSSR count). The number of aliphatic hydroxyl groups excluding tert-OH is 1. The first-order chi connectivity index (χ1) is 8.20. The van der Waals surface area contributed by atoms with Crippen molar-refractivity contribution < 1.29 is 18.3 Å². The van der Waals surface area contributed by atoms with Crippen LogP contribution in [0.5, 0.6) is 0 Å². The number of aryl methyl sites for hydroxylation is 3. The van der Waals surface area contributed by atoms with E-state index in [0.29, 0.717) is 0 Å². The Bertz CT molecular complexity index is 387. The average molecular weight is 260 g/mol. The standard InChI is InChI=1S/C14H19F3O/c1-9-7-10(2)13(11(3)8-9)12(18)5-4-6-14(15,16)17/h7-8,12,18H,4-6H2,1-3H3. The second-order valence-electron chi connectivity index (χ2n) is 4.84. The normalized spacial score (nSPS) is 13.7. The van der Waals surface area contributed by atoms with Crippen molar-refractivity contribution in [2.75, 3.05) is 0 Å². The van der Waals surface area contributed by atoms with Gasteiger partial charge in [-0.2, -0.15) is 13.2 Å². The van der Waals surface area contributed by atoms with Gasteiger partial charge in [0.15, 0.2) is 0 Å². The van der Waals surface area contributed by atoms with Crippen molar-refractivity contribution in [2.45, 2.75) is 52.3 Å². The van der Waals surface area contributed by atoms with Gasteiger partial charge in [-0.15, -0.1) is 0 Å². The van der Waals surface area contributed by atoms with Gasteiger partial charge >= 0.3 is 6.18 Å². The number of halogens is 3. The Labute approximate surface area is 106 Å². The Kier molecular flexibility index (Phi) is 4.79. The van der Waals surface area contributed by atoms with Gasteiger partial charge in [0, 0.05) is 6.42 Å². The highest BCUT2D eigenvalue weighted by atomic mass is 19.4. The molecule has 0 fully saturated rings. The number of hydrogen-bond donors (Lipinski definition) is 1. The van der Waals surface area contributed by atoms with Crippen molar-refractivity contribution >= 4 is 0 Å². The van der Waals surface area contributed by atoms with E-state index < -0.39 is 18.7 Å². The van der Waals surface area contributed by atoms with E-state index in [1.807, 2.05) is 32.9 Å². The Morgan fingerprint density at radius 2 is 1.61 bits per heavy atom. The van der Waals surface area contributed by atoms with Gasteiger partial charge < -0.3 is 5.11 Å². The molecule has 0 aromatic heterocycles. The molecule has 102 valence electrons. The minimum Gasteiger partial charge on any atom is -0.388 e. The molecule has 0 aliphatic rings. The van der Waals surface area contributed by atoms with Crippen molar-refractivity contribution in [1.29, 1.82) is 0 Å². The number of aliphatic hydroxyl groups is 1. The molecule has 0 radical (unpaired) electrons. The third-order valence-corrected chi connectivity index (χ3v) is 3.01. The first kappa shape index (κ1) is 15.0. The van der Waals surface area contributed by atoms with E-state index in [-0.39, 0.29) is 12.8 Å². The molecule has 0 amide bonds. The van der Waals surface area contributed by atoms with Gasteiger partial charge in [-0.05, 0) is 50.3 Å². The van der Waals surface area contributed by atoms with Crippen LogP contribution < -0.4 is 0 Å². The van der Waals surface area contributed by atoms with Gasteiger partial charge in [0.25, 0.3) is 0 Å². The molecule has 4 heteroatoms. The summed E-state index contributed by atoms with van der Waals surface area (Å²) in [5.74, 6) is 0. The summed E-state index contributed by atoms with van der Waals surface area (Å²) in [7, 11) is 0. The summed E-state index contributed by atoms with van der Waals surface area (Å²) in [6.07, 6.45) is -5.69. The lowest BCUT2D eigenvalue weighted by atomic mass is 9.93. The van der Waals surface area contributed by atoms with Crippen molar-refractivity contribution in [2.24, 2.45) is 0 Å². The van der Waals surface area contributed by atoms with Crippen LogP contribution in [0.4, 0.5) is 13.2 Å². The van der Waals surface area contributed by atoms with Crippen LogP contribution in [0, 0.1) is 20.8 Å². The van der Waals surface area contributed by atoms with E-state index in [9.17, 15) is 18.3 Å². The zero-order valence-corrected chi connectivity index (χ0v) is 10.9. The molecule has 18 heavy (non-hydrogen) atoms. The van der Waals surface area contributed by atoms with Crippen molar-refractivity contribution in [3.63, 3.8) is 0 Å². The minimum absolute atomic E-state index is 0.0442. The highest BCUT2D eigenvalue weighted by Gasteiger charge is 2.27. The van der Waals surface area contributed by atoms with Crippen molar-refractivity contribution in [3.05, 3.63) is 34.4 Å². The quantitative estimate of drug-likeness (QED) is 0.851. The number of hydrogen-bond acceptors (Lipinski definition) is 1. The monoisotopic (exact) mass is 260 g/mol. The summed E-state index contributed by atoms with van der Waals surface area (Å²) in [5.41, 5.74) is 3.73. The van der Waals surface area contributed by atoms with Crippen LogP contribution in [0.3, 0.4) is 0 Å². The molecule has 1 N–H and O–H groups in total. The van der Waals surface area contributed by atoms with Crippen LogP contribution in [0.1, 0.15) is 47.6 Å². The number of rotatable bonds is 4. The molecule has 0 saturated heterocycles. The van der Waals surface area contributed by atoms with Gasteiger partial charge in [0.2, 0.25) is 0 Å². The summed E-state index contributed by atoms with van der Waals surface area (Å²) < 4.78 is 36.1. The molecular weight excluding hydrogens is 241 g/mol. The molecule has 1 aromatic carbocycles. The largest absolute Gasteiger partial charge is 0.389 e. The lowest BCUT2D eigenvalue weighted by Crippen LogP contribution is -2.09. The van der Waals surface area contributed by atoms with Crippen LogP contribution in [0.15, 0.2) is 12.1 Å². The molecule has 0 aliphatic carbocycles. The van der Waals surface area contributed by atoms with E-state index in [4.69, 9.17) is 0 Å². The van der Waals surface area contributed by atoms with Gasteiger partial charge in [0.05, 0.1) is 6.10 Å². The fraction of sp³-hybridized carbons (Fsp3) is 0.571. The van der Waals surface area contributed by atoms with Gasteiger partial charge in [-0.1, -0.05) is 17.7 Å². The summed E-state index contributed by atoms with van der Waals surface area (Å²) in [5, 5.41) is 10.0. The zero-order chi connectivity index (χ0) is 13.9. The summed E-state index contributed by atoms with van der Waals surface area (Å²) >= 11 is 0. The van der Waals surface area contributed by atoms with E-state index >= 15 is 0 Å². The van der Waals surface area contributed by atoms with Gasteiger partial charge in [0.1, 0.15) is 0 Å². The minimum atomic E-state index is -4.14. The molecule has 0 spiro atoms. The molecular formula is C14H19F3O. The maximum absolute atomic E-state index is 12.0. The molecule has 1 nitrogen and oxygen atoms in total. The van der Waals surface area contributed by atoms with E-state index in [0.717, 1.165) is 22.3 Å². The fourth-order valence-electron chi connectivity index (χ4n) is 2.36. The average Bonchev–Trinajstić information content (AvgIpc) is 2.13. The van der Waals surface area contributed by atoms with Crippen molar-refractivity contribution in [3.8, 4) is 0 Å². The third-order valence-electron chi connectivity index (χ3n) is 3.01. The smallest absolute Gasteiger partial charge is 0.388 e. The van der Waals surface area contributed by atoms with Crippen LogP contribution >= 0.6 is 0 Å². The molecule has 1 aromatic rings. The predicted molar refractivity (Wildman–Crippen MR) is 65.5 cm³/mol. The van der Waals surface area contributed by atoms with Crippen LogP contribution in [-0.4, -0.2) is 11.3 Å². The summed E-state index contributed by atoms with van der Waals surface area (Å²) in [6, 6.07) is 3.88. The van der Waals surface area contributed by atoms with E-state index in [1.54, 1.807) is 0 Å². The predicted octanol–water partition coefficient (Wildman–Crippen LogP) is 4.38. The highest BCUT2D eigenvalue weighted by Crippen LogP contribution is 2.29. The summed E-state index contributed by atoms with van der Waals surface area (Å²) in [6.45, 7) is 5.71. The molecule has 1 atom stereocenters. The van der Waals surface area contributed by atoms with Crippen LogP contribution in [-0.2, 0) is 0 Å². The zero-order valence-electron chi connectivity index (χ0n) is 10.9. The molecule has 0 heterocycles. The molecule has 0 saturated carbocycles. The highest BCUT2D eigenvalue weighted by molar-refractivity contribution is 5.38. The lowest BCUT2D eigenvalue weighted by Gasteiger charge is -2.17. The SMILES string of the molecule is Cc1cc(C)c(C(O)CCCC(F)(F)F)c(C)c1. The Morgan fingerprint density at radius 1 is 1.11 bits per heavy atom. The Morgan fingerprint density at radius 3 is 2.06 bits per heavy atom. The Hall–Kier alpha value is -1.03. The first-order valence-corrected chi connectivity index (χ1v) is 6.03. The van der Waals surface area contributed by atoms with Crippen molar-refractivity contribution in [1.82, 2.24) is 0 Å². The summed E-state index contributed by atoms with van der Waals surface area (Å²) in [4.78, 5) is 0. The maximum Gasteiger partial charge on any atom is 0.389 e.